The van der Waals surface area contributed by atoms with Crippen LogP contribution in [0.25, 0.3) is 0 Å². The smallest absolute Gasteiger partial charge is 0.120 e. The highest BCUT2D eigenvalue weighted by Gasteiger charge is 1.82. The molecule has 0 fully saturated rings. The Kier molecular flexibility index (Phi) is 3.41. The molecule has 0 unspecified atom stereocenters. The minimum atomic E-state index is 0. The van der Waals surface area contributed by atoms with E-state index >= 15 is 0 Å². The fourth-order valence-electron chi connectivity index (χ4n) is 0.139. The minimum absolute atomic E-state index is 0. The molecular formula is C2H4ClNOS. The van der Waals surface area contributed by atoms with Gasteiger partial charge >= 0.3 is 0 Å². The summed E-state index contributed by atoms with van der Waals surface area (Å²) >= 11 is 1.42. The van der Waals surface area contributed by atoms with Crippen molar-refractivity contribution in [2.45, 2.75) is 0 Å². The predicted molar refractivity (Wildman–Crippen MR) is 28.2 cm³/mol. The molecule has 1 N–H and O–H groups in total. The molecule has 4 heteroatoms. The van der Waals surface area contributed by atoms with Crippen LogP contribution >= 0.6 is 24.4 Å². The van der Waals surface area contributed by atoms with Crippen molar-refractivity contribution in [1.82, 2.24) is 4.89 Å². The third-order valence-electron chi connectivity index (χ3n) is 0.288. The Hall–Kier alpha value is 0.140. The van der Waals surface area contributed by atoms with Crippen LogP contribution < -0.4 is 4.89 Å². The zero-order chi connectivity index (χ0) is 3.54. The second kappa shape index (κ2) is 3.33. The summed E-state index contributed by atoms with van der Waals surface area (Å²) in [6, 6.07) is 0. The summed E-state index contributed by atoms with van der Waals surface area (Å²) in [6.07, 6.45) is 1.59. The van der Waals surface area contributed by atoms with Gasteiger partial charge in [-0.1, -0.05) is 4.89 Å². The fraction of sp³-hybridized carbons (Fsp3) is 0. The molecule has 0 aromatic heterocycles. The number of hydrogen-bond donors (Lipinski definition) is 1. The lowest BCUT2D eigenvalue weighted by atomic mass is 11.2. The average Bonchev–Trinajstić information content (AvgIpc) is 1.76. The summed E-state index contributed by atoms with van der Waals surface area (Å²) in [4.78, 5) is 7.00. The lowest BCUT2D eigenvalue weighted by Crippen LogP contribution is -1.88. The lowest BCUT2D eigenvalue weighted by molar-refractivity contribution is 0.224. The number of hydrogen-bond acceptors (Lipinski definition) is 3. The van der Waals surface area contributed by atoms with Crippen molar-refractivity contribution in [3.63, 3.8) is 0 Å². The third-order valence-corrected chi connectivity index (χ3v) is 0.728. The highest BCUT2D eigenvalue weighted by molar-refractivity contribution is 8.00. The Balaban J connectivity index is 0.000000250. The van der Waals surface area contributed by atoms with E-state index in [0.717, 1.165) is 0 Å². The van der Waals surface area contributed by atoms with Gasteiger partial charge in [0.05, 0.1) is 0 Å². The van der Waals surface area contributed by atoms with Crippen LogP contribution in [0.15, 0.2) is 11.7 Å². The molecular weight excluding hydrogens is 122 g/mol. The van der Waals surface area contributed by atoms with Gasteiger partial charge in [0, 0.05) is 5.41 Å². The van der Waals surface area contributed by atoms with E-state index in [0.29, 0.717) is 0 Å². The Morgan fingerprint density at radius 2 is 2.50 bits per heavy atom. The summed E-state index contributed by atoms with van der Waals surface area (Å²) in [7, 11) is 0. The molecule has 0 radical (unpaired) electrons. The van der Waals surface area contributed by atoms with Gasteiger partial charge in [0.2, 0.25) is 0 Å². The molecule has 0 atom stereocenters. The third kappa shape index (κ3) is 1.55. The number of rotatable bonds is 0. The molecule has 1 heterocycles. The molecule has 0 bridgehead atoms. The zero-order valence-electron chi connectivity index (χ0n) is 2.88. The second-order valence-corrected chi connectivity index (χ2v) is 1.27. The quantitative estimate of drug-likeness (QED) is 0.490. The van der Waals surface area contributed by atoms with E-state index < -0.39 is 0 Å². The van der Waals surface area contributed by atoms with Crippen LogP contribution in [0.5, 0.6) is 0 Å². The lowest BCUT2D eigenvalue weighted by Gasteiger charge is -1.81. The molecule has 0 aromatic carbocycles. The van der Waals surface area contributed by atoms with E-state index in [1.165, 1.54) is 11.9 Å². The van der Waals surface area contributed by atoms with E-state index in [2.05, 4.69) is 9.72 Å². The van der Waals surface area contributed by atoms with Crippen LogP contribution in [0.3, 0.4) is 0 Å². The van der Waals surface area contributed by atoms with Crippen molar-refractivity contribution in [2.24, 2.45) is 0 Å². The molecule has 0 aromatic rings. The molecule has 36 valence electrons. The zero-order valence-corrected chi connectivity index (χ0v) is 4.51. The average molecular weight is 126 g/mol. The van der Waals surface area contributed by atoms with E-state index in [1.54, 1.807) is 6.26 Å². The van der Waals surface area contributed by atoms with Gasteiger partial charge in [0.1, 0.15) is 6.26 Å². The summed E-state index contributed by atoms with van der Waals surface area (Å²) < 4.78 is 0. The van der Waals surface area contributed by atoms with Gasteiger partial charge in [-0.2, -0.15) is 0 Å². The van der Waals surface area contributed by atoms with E-state index in [9.17, 15) is 0 Å². The first-order valence-corrected chi connectivity index (χ1v) is 2.09. The van der Waals surface area contributed by atoms with Crippen LogP contribution in [-0.2, 0) is 4.84 Å². The van der Waals surface area contributed by atoms with Crippen LogP contribution in [0.1, 0.15) is 0 Å². The normalized spacial score (nSPS) is 16.0. The van der Waals surface area contributed by atoms with Crippen LogP contribution in [0.4, 0.5) is 0 Å². The largest absolute Gasteiger partial charge is 0.405 e. The van der Waals surface area contributed by atoms with Gasteiger partial charge in [0.15, 0.2) is 0 Å². The van der Waals surface area contributed by atoms with Crippen LogP contribution in [-0.4, -0.2) is 0 Å². The first-order chi connectivity index (χ1) is 2.50. The summed E-state index contributed by atoms with van der Waals surface area (Å²) in [5.41, 5.74) is 0. The van der Waals surface area contributed by atoms with Gasteiger partial charge in [-0.3, -0.25) is 0 Å². The Morgan fingerprint density at radius 1 is 1.67 bits per heavy atom. The highest BCUT2D eigenvalue weighted by atomic mass is 35.5. The van der Waals surface area contributed by atoms with Crippen molar-refractivity contribution in [3.8, 4) is 0 Å². The van der Waals surface area contributed by atoms with E-state index in [4.69, 9.17) is 0 Å². The van der Waals surface area contributed by atoms with Crippen molar-refractivity contribution < 1.29 is 4.84 Å². The molecule has 1 rings (SSSR count). The van der Waals surface area contributed by atoms with Crippen LogP contribution in [0.2, 0.25) is 0 Å². The van der Waals surface area contributed by atoms with Crippen LogP contribution in [0, 0.1) is 0 Å². The maximum absolute atomic E-state index is 4.48. The highest BCUT2D eigenvalue weighted by Crippen LogP contribution is 2.00. The second-order valence-electron chi connectivity index (χ2n) is 0.591. The summed E-state index contributed by atoms with van der Waals surface area (Å²) in [5.74, 6) is 0. The maximum Gasteiger partial charge on any atom is 0.120 e. The predicted octanol–water partition coefficient (Wildman–Crippen LogP) is 1.06. The van der Waals surface area contributed by atoms with Crippen molar-refractivity contribution in [3.05, 3.63) is 11.7 Å². The van der Waals surface area contributed by atoms with Gasteiger partial charge in [-0.25, -0.2) is 0 Å². The summed E-state index contributed by atoms with van der Waals surface area (Å²) in [5, 5.41) is 1.82. The Labute approximate surface area is 46.4 Å². The van der Waals surface area contributed by atoms with Gasteiger partial charge in [-0.15, -0.1) is 12.4 Å². The molecule has 0 saturated carbocycles. The molecule has 0 amide bonds. The topological polar surface area (TPSA) is 21.3 Å². The molecule has 0 spiro atoms. The number of halogens is 1. The SMILES string of the molecule is C1=CSNO1.Cl. The monoisotopic (exact) mass is 125 g/mol. The van der Waals surface area contributed by atoms with Gasteiger partial charge in [-0.05, 0) is 11.9 Å². The molecule has 6 heavy (non-hydrogen) atoms. The molecule has 0 aliphatic carbocycles. The van der Waals surface area contributed by atoms with Gasteiger partial charge < -0.3 is 4.84 Å². The van der Waals surface area contributed by atoms with Gasteiger partial charge in [0.25, 0.3) is 0 Å². The molecule has 1 aliphatic heterocycles. The maximum atomic E-state index is 4.48. The van der Waals surface area contributed by atoms with Crippen molar-refractivity contribution in [1.29, 1.82) is 0 Å². The summed E-state index contributed by atoms with van der Waals surface area (Å²) in [6.45, 7) is 0. The number of nitrogens with one attached hydrogen (secondary N) is 1. The molecule has 1 aliphatic rings. The fourth-order valence-corrected chi connectivity index (χ4v) is 0.417. The van der Waals surface area contributed by atoms with Crippen molar-refractivity contribution in [2.75, 3.05) is 0 Å². The minimum Gasteiger partial charge on any atom is -0.405 e. The van der Waals surface area contributed by atoms with E-state index in [1.807, 2.05) is 5.41 Å². The first-order valence-electron chi connectivity index (χ1n) is 1.21. The molecule has 0 saturated heterocycles. The standard InChI is InChI=1S/C2H3NOS.ClH/c1-2-5-3-4-1;/h1-3H;1H. The Morgan fingerprint density at radius 3 is 2.67 bits per heavy atom. The molecule has 2 nitrogen and oxygen atoms in total. The Bertz CT molecular complexity index is 51.5. The van der Waals surface area contributed by atoms with E-state index in [-0.39, 0.29) is 12.4 Å². The van der Waals surface area contributed by atoms with Crippen molar-refractivity contribution >= 4 is 24.4 Å². The first kappa shape index (κ1) is 6.14.